The minimum Gasteiger partial charge on any atom is -0.462 e. The number of benzene rings is 1. The Bertz CT molecular complexity index is 1000. The lowest BCUT2D eigenvalue weighted by molar-refractivity contribution is -0.117. The second-order valence-corrected chi connectivity index (χ2v) is 12.1. The molecule has 4 N–H and O–H groups in total. The molecule has 0 unspecified atom stereocenters. The first-order chi connectivity index (χ1) is 20.1. The van der Waals surface area contributed by atoms with Crippen LogP contribution in [-0.4, -0.2) is 60.9 Å². The molecule has 0 aliphatic rings. The zero-order chi connectivity index (χ0) is 32.5. The standard InChI is InChI=1S/C31H50N4O8/c1-8-41-27(38)22-19-23(34-25(36)15-11-9-13-17-32-28(39)42-30(2,3)4)21-24(20-22)35-26(37)16-12-10-14-18-33-29(40)43-31(5,6)7/h19-21H,8-18H2,1-7H3,(H,32,39)(H,33,40)(H,34,36)(H,35,37). The van der Waals surface area contributed by atoms with Crippen LogP contribution < -0.4 is 21.3 Å². The molecule has 0 aromatic heterocycles. The minimum absolute atomic E-state index is 0.183. The lowest BCUT2D eigenvalue weighted by Crippen LogP contribution is -2.33. The summed E-state index contributed by atoms with van der Waals surface area (Å²) in [5, 5.41) is 10.9. The number of alkyl carbamates (subject to hydrolysis) is 2. The van der Waals surface area contributed by atoms with Gasteiger partial charge in [-0.2, -0.15) is 0 Å². The summed E-state index contributed by atoms with van der Waals surface area (Å²) in [6.07, 6.45) is 3.62. The average molecular weight is 607 g/mol. The van der Waals surface area contributed by atoms with Crippen molar-refractivity contribution in [2.24, 2.45) is 0 Å². The number of hydrogen-bond acceptors (Lipinski definition) is 8. The molecule has 0 spiro atoms. The molecular formula is C31H50N4O8. The van der Waals surface area contributed by atoms with Crippen molar-refractivity contribution >= 4 is 41.3 Å². The van der Waals surface area contributed by atoms with Gasteiger partial charge < -0.3 is 35.5 Å². The van der Waals surface area contributed by atoms with Crippen LogP contribution in [0.2, 0.25) is 0 Å². The largest absolute Gasteiger partial charge is 0.462 e. The molecule has 1 aromatic rings. The molecule has 0 saturated carbocycles. The second kappa shape index (κ2) is 18.7. The first-order valence-corrected chi connectivity index (χ1v) is 14.9. The van der Waals surface area contributed by atoms with Crippen molar-refractivity contribution in [2.75, 3.05) is 30.3 Å². The van der Waals surface area contributed by atoms with E-state index in [4.69, 9.17) is 14.2 Å². The lowest BCUT2D eigenvalue weighted by atomic mass is 10.1. The molecule has 43 heavy (non-hydrogen) atoms. The summed E-state index contributed by atoms with van der Waals surface area (Å²) in [6.45, 7) is 13.5. The number of anilines is 2. The van der Waals surface area contributed by atoms with Gasteiger partial charge in [0.2, 0.25) is 11.8 Å². The fourth-order valence-corrected chi connectivity index (χ4v) is 3.74. The van der Waals surface area contributed by atoms with Crippen molar-refractivity contribution in [2.45, 2.75) is 111 Å². The number of amides is 4. The van der Waals surface area contributed by atoms with Gasteiger partial charge in [-0.15, -0.1) is 0 Å². The maximum atomic E-state index is 12.5. The van der Waals surface area contributed by atoms with Crippen LogP contribution in [0.25, 0.3) is 0 Å². The number of ether oxygens (including phenoxy) is 3. The highest BCUT2D eigenvalue weighted by Crippen LogP contribution is 2.21. The Morgan fingerprint density at radius 2 is 1.05 bits per heavy atom. The highest BCUT2D eigenvalue weighted by molar-refractivity contribution is 5.98. The zero-order valence-electron chi connectivity index (χ0n) is 26.8. The number of rotatable bonds is 16. The number of nitrogens with one attached hydrogen (secondary N) is 4. The molecule has 0 bridgehead atoms. The molecular weight excluding hydrogens is 556 g/mol. The topological polar surface area (TPSA) is 161 Å². The Hall–Kier alpha value is -3.83. The van der Waals surface area contributed by atoms with Crippen LogP contribution in [0.3, 0.4) is 0 Å². The van der Waals surface area contributed by atoms with Gasteiger partial charge in [-0.25, -0.2) is 14.4 Å². The van der Waals surface area contributed by atoms with Crippen LogP contribution in [0, 0.1) is 0 Å². The summed E-state index contributed by atoms with van der Waals surface area (Å²) < 4.78 is 15.5. The number of esters is 1. The van der Waals surface area contributed by atoms with E-state index in [1.165, 1.54) is 12.1 Å². The van der Waals surface area contributed by atoms with E-state index < -0.39 is 29.4 Å². The maximum absolute atomic E-state index is 12.5. The number of hydrogen-bond donors (Lipinski definition) is 4. The molecule has 12 heteroatoms. The highest BCUT2D eigenvalue weighted by Gasteiger charge is 2.17. The fraction of sp³-hybridized carbons (Fsp3) is 0.645. The third-order valence-electron chi connectivity index (χ3n) is 5.51. The second-order valence-electron chi connectivity index (χ2n) is 12.1. The van der Waals surface area contributed by atoms with Crippen molar-refractivity contribution in [3.8, 4) is 0 Å². The predicted molar refractivity (Wildman–Crippen MR) is 165 cm³/mol. The molecule has 1 rings (SSSR count). The first-order valence-electron chi connectivity index (χ1n) is 14.9. The van der Waals surface area contributed by atoms with E-state index in [1.54, 1.807) is 54.5 Å². The summed E-state index contributed by atoms with van der Waals surface area (Å²) >= 11 is 0. The Balaban J connectivity index is 2.54. The Morgan fingerprint density at radius 3 is 1.42 bits per heavy atom. The average Bonchev–Trinajstić information content (AvgIpc) is 2.86. The van der Waals surface area contributed by atoms with Crippen molar-refractivity contribution in [1.82, 2.24) is 10.6 Å². The molecule has 0 heterocycles. The van der Waals surface area contributed by atoms with Gasteiger partial charge in [0.1, 0.15) is 11.2 Å². The van der Waals surface area contributed by atoms with E-state index in [9.17, 15) is 24.0 Å². The SMILES string of the molecule is CCOC(=O)c1cc(NC(=O)CCCCCNC(=O)OC(C)(C)C)cc(NC(=O)CCCCCNC(=O)OC(C)(C)C)c1. The normalized spacial score (nSPS) is 11.2. The van der Waals surface area contributed by atoms with E-state index in [0.717, 1.165) is 12.8 Å². The van der Waals surface area contributed by atoms with Crippen molar-refractivity contribution in [3.63, 3.8) is 0 Å². The van der Waals surface area contributed by atoms with Gasteiger partial charge in [0.25, 0.3) is 0 Å². The molecule has 0 saturated heterocycles. The molecule has 12 nitrogen and oxygen atoms in total. The summed E-state index contributed by atoms with van der Waals surface area (Å²) in [7, 11) is 0. The summed E-state index contributed by atoms with van der Waals surface area (Å²) in [4.78, 5) is 60.9. The summed E-state index contributed by atoms with van der Waals surface area (Å²) in [5.74, 6) is -1.04. The molecule has 1 aromatic carbocycles. The van der Waals surface area contributed by atoms with Gasteiger partial charge in [-0.3, -0.25) is 9.59 Å². The molecule has 0 atom stereocenters. The van der Waals surface area contributed by atoms with E-state index in [2.05, 4.69) is 21.3 Å². The van der Waals surface area contributed by atoms with Crippen LogP contribution in [0.4, 0.5) is 21.0 Å². The number of unbranched alkanes of at least 4 members (excludes halogenated alkanes) is 4. The van der Waals surface area contributed by atoms with Crippen LogP contribution in [0.1, 0.15) is 110 Å². The third-order valence-corrected chi connectivity index (χ3v) is 5.51. The molecule has 242 valence electrons. The molecule has 0 fully saturated rings. The van der Waals surface area contributed by atoms with Gasteiger partial charge in [-0.05, 0) is 92.3 Å². The number of carbonyl (C=O) groups excluding carboxylic acids is 5. The molecule has 0 aliphatic carbocycles. The molecule has 0 radical (unpaired) electrons. The van der Waals surface area contributed by atoms with Gasteiger partial charge in [0, 0.05) is 37.3 Å². The van der Waals surface area contributed by atoms with Gasteiger partial charge >= 0.3 is 18.2 Å². The highest BCUT2D eigenvalue weighted by atomic mass is 16.6. The third kappa shape index (κ3) is 19.1. The smallest absolute Gasteiger partial charge is 0.407 e. The maximum Gasteiger partial charge on any atom is 0.407 e. The van der Waals surface area contributed by atoms with Crippen molar-refractivity contribution in [1.29, 1.82) is 0 Å². The van der Waals surface area contributed by atoms with Crippen LogP contribution >= 0.6 is 0 Å². The van der Waals surface area contributed by atoms with Crippen molar-refractivity contribution in [3.05, 3.63) is 23.8 Å². The minimum atomic E-state index is -0.566. The summed E-state index contributed by atoms with van der Waals surface area (Å²) in [5.41, 5.74) is -0.176. The number of carbonyl (C=O) groups is 5. The monoisotopic (exact) mass is 606 g/mol. The van der Waals surface area contributed by atoms with E-state index in [1.807, 2.05) is 0 Å². The Labute approximate surface area is 255 Å². The van der Waals surface area contributed by atoms with E-state index in [0.29, 0.717) is 50.1 Å². The van der Waals surface area contributed by atoms with Gasteiger partial charge in [-0.1, -0.05) is 12.8 Å². The lowest BCUT2D eigenvalue weighted by Gasteiger charge is -2.19. The Morgan fingerprint density at radius 1 is 0.628 bits per heavy atom. The molecule has 4 amide bonds. The van der Waals surface area contributed by atoms with Crippen LogP contribution in [0.15, 0.2) is 18.2 Å². The van der Waals surface area contributed by atoms with E-state index in [-0.39, 0.29) is 36.8 Å². The summed E-state index contributed by atoms with van der Waals surface area (Å²) in [6, 6.07) is 4.61. The predicted octanol–water partition coefficient (Wildman–Crippen LogP) is 5.91. The zero-order valence-corrected chi connectivity index (χ0v) is 26.8. The van der Waals surface area contributed by atoms with Gasteiger partial charge in [0.15, 0.2) is 0 Å². The fourth-order valence-electron chi connectivity index (χ4n) is 3.74. The van der Waals surface area contributed by atoms with Crippen molar-refractivity contribution < 1.29 is 38.2 Å². The quantitative estimate of drug-likeness (QED) is 0.103. The Kier molecular flexibility index (Phi) is 16.1. The first kappa shape index (κ1) is 37.2. The van der Waals surface area contributed by atoms with Crippen LogP contribution in [-0.2, 0) is 23.8 Å². The van der Waals surface area contributed by atoms with E-state index >= 15 is 0 Å². The molecule has 0 aliphatic heterocycles. The van der Waals surface area contributed by atoms with Gasteiger partial charge in [0.05, 0.1) is 12.2 Å². The van der Waals surface area contributed by atoms with Crippen LogP contribution in [0.5, 0.6) is 0 Å².